The number of benzene rings is 1. The molecule has 9 nitrogen and oxygen atoms in total. The molecule has 0 bridgehead atoms. The summed E-state index contributed by atoms with van der Waals surface area (Å²) in [6.07, 6.45) is 2.33. The van der Waals surface area contributed by atoms with Gasteiger partial charge in [0.25, 0.3) is 17.0 Å². The van der Waals surface area contributed by atoms with E-state index in [1.54, 1.807) is 23.2 Å². The zero-order valence-corrected chi connectivity index (χ0v) is 18.4. The first-order valence-electron chi connectivity index (χ1n) is 10.4. The zero-order chi connectivity index (χ0) is 22.7. The first-order chi connectivity index (χ1) is 15.5. The predicted molar refractivity (Wildman–Crippen MR) is 122 cm³/mol. The molecule has 1 aliphatic heterocycles. The SMILES string of the molecule is CCCn1nc(C(=O)N2CCN(c3cnn(-c4ccccc4)c(=O)c3Cl)CC2)ccc1=O. The molecule has 1 aromatic carbocycles. The van der Waals surface area contributed by atoms with Gasteiger partial charge in [-0.3, -0.25) is 14.4 Å². The molecule has 4 rings (SSSR count). The molecule has 1 amide bonds. The van der Waals surface area contributed by atoms with E-state index < -0.39 is 5.56 Å². The van der Waals surface area contributed by atoms with Gasteiger partial charge < -0.3 is 9.80 Å². The zero-order valence-electron chi connectivity index (χ0n) is 17.6. The number of hydrogen-bond donors (Lipinski definition) is 0. The van der Waals surface area contributed by atoms with Gasteiger partial charge in [-0.2, -0.15) is 14.9 Å². The summed E-state index contributed by atoms with van der Waals surface area (Å²) in [5.74, 6) is -0.224. The second-order valence-corrected chi connectivity index (χ2v) is 7.83. The Morgan fingerprint density at radius 3 is 2.44 bits per heavy atom. The van der Waals surface area contributed by atoms with Crippen molar-refractivity contribution in [1.82, 2.24) is 24.5 Å². The maximum atomic E-state index is 12.9. The van der Waals surface area contributed by atoms with Gasteiger partial charge in [0.15, 0.2) is 0 Å². The lowest BCUT2D eigenvalue weighted by Gasteiger charge is -2.36. The van der Waals surface area contributed by atoms with Gasteiger partial charge in [-0.15, -0.1) is 0 Å². The van der Waals surface area contributed by atoms with Crippen molar-refractivity contribution in [2.24, 2.45) is 0 Å². The Balaban J connectivity index is 1.48. The maximum Gasteiger partial charge on any atom is 0.292 e. The highest BCUT2D eigenvalue weighted by Crippen LogP contribution is 2.23. The van der Waals surface area contributed by atoms with Crippen LogP contribution in [0.15, 0.2) is 58.3 Å². The normalized spacial score (nSPS) is 13.9. The minimum Gasteiger partial charge on any atom is -0.365 e. The molecule has 1 aliphatic rings. The smallest absolute Gasteiger partial charge is 0.292 e. The third-order valence-corrected chi connectivity index (χ3v) is 5.69. The fourth-order valence-electron chi connectivity index (χ4n) is 3.65. The van der Waals surface area contributed by atoms with Crippen molar-refractivity contribution < 1.29 is 4.79 Å². The minimum absolute atomic E-state index is 0.0944. The molecule has 3 aromatic rings. The van der Waals surface area contributed by atoms with Crippen molar-refractivity contribution >= 4 is 23.2 Å². The van der Waals surface area contributed by atoms with E-state index in [0.717, 1.165) is 6.42 Å². The summed E-state index contributed by atoms with van der Waals surface area (Å²) >= 11 is 6.40. The first kappa shape index (κ1) is 21.8. The monoisotopic (exact) mass is 454 g/mol. The molecule has 0 spiro atoms. The molecule has 1 fully saturated rings. The molecule has 0 unspecified atom stereocenters. The summed E-state index contributed by atoms with van der Waals surface area (Å²) in [6.45, 7) is 4.28. The number of rotatable bonds is 5. The summed E-state index contributed by atoms with van der Waals surface area (Å²) in [5, 5.41) is 8.57. The maximum absolute atomic E-state index is 12.9. The van der Waals surface area contributed by atoms with Gasteiger partial charge in [-0.1, -0.05) is 36.7 Å². The van der Waals surface area contributed by atoms with Gasteiger partial charge in [0, 0.05) is 38.8 Å². The third kappa shape index (κ3) is 4.29. The van der Waals surface area contributed by atoms with Crippen LogP contribution in [0, 0.1) is 0 Å². The summed E-state index contributed by atoms with van der Waals surface area (Å²) in [7, 11) is 0. The van der Waals surface area contributed by atoms with E-state index in [-0.39, 0.29) is 22.2 Å². The highest BCUT2D eigenvalue weighted by Gasteiger charge is 2.26. The van der Waals surface area contributed by atoms with E-state index in [0.29, 0.717) is 44.1 Å². The number of aryl methyl sites for hydroxylation is 1. The van der Waals surface area contributed by atoms with Crippen LogP contribution in [0.1, 0.15) is 23.8 Å². The second kappa shape index (κ2) is 9.35. The van der Waals surface area contributed by atoms with Crippen LogP contribution in [-0.2, 0) is 6.54 Å². The standard InChI is InChI=1S/C22H23ClN6O3/c1-2-10-28-19(30)9-8-17(25-28)21(31)27-13-11-26(12-14-27)18-15-24-29(22(32)20(18)23)16-6-4-3-5-7-16/h3-9,15H,2,10-14H2,1H3. The Labute approximate surface area is 189 Å². The molecule has 0 aliphatic carbocycles. The highest BCUT2D eigenvalue weighted by molar-refractivity contribution is 6.33. The number of hydrogen-bond acceptors (Lipinski definition) is 6. The minimum atomic E-state index is -0.392. The van der Waals surface area contributed by atoms with Crippen molar-refractivity contribution in [2.75, 3.05) is 31.1 Å². The fraction of sp³-hybridized carbons (Fsp3) is 0.318. The molecule has 32 heavy (non-hydrogen) atoms. The molecular formula is C22H23ClN6O3. The number of carbonyl (C=O) groups is 1. The first-order valence-corrected chi connectivity index (χ1v) is 10.8. The van der Waals surface area contributed by atoms with Crippen LogP contribution in [0.3, 0.4) is 0 Å². The van der Waals surface area contributed by atoms with Gasteiger partial charge in [0.2, 0.25) is 0 Å². The van der Waals surface area contributed by atoms with Crippen LogP contribution in [0.5, 0.6) is 0 Å². The van der Waals surface area contributed by atoms with Gasteiger partial charge in [0.1, 0.15) is 10.7 Å². The van der Waals surface area contributed by atoms with E-state index in [1.807, 2.05) is 30.0 Å². The summed E-state index contributed by atoms with van der Waals surface area (Å²) in [5.41, 5.74) is 0.817. The molecule has 3 heterocycles. The number of halogens is 1. The van der Waals surface area contributed by atoms with Crippen LogP contribution in [-0.4, -0.2) is 56.5 Å². The van der Waals surface area contributed by atoms with Crippen molar-refractivity contribution in [2.45, 2.75) is 19.9 Å². The lowest BCUT2D eigenvalue weighted by atomic mass is 10.2. The van der Waals surface area contributed by atoms with Gasteiger partial charge in [0.05, 0.1) is 17.6 Å². The van der Waals surface area contributed by atoms with Gasteiger partial charge in [-0.25, -0.2) is 4.68 Å². The molecule has 166 valence electrons. The Morgan fingerprint density at radius 1 is 1.03 bits per heavy atom. The quantitative estimate of drug-likeness (QED) is 0.583. The van der Waals surface area contributed by atoms with Gasteiger partial charge in [-0.05, 0) is 24.6 Å². The average Bonchev–Trinajstić information content (AvgIpc) is 2.82. The Bertz CT molecular complexity index is 1230. The third-order valence-electron chi connectivity index (χ3n) is 5.33. The van der Waals surface area contributed by atoms with Crippen LogP contribution in [0.4, 0.5) is 5.69 Å². The van der Waals surface area contributed by atoms with E-state index in [2.05, 4.69) is 10.2 Å². The van der Waals surface area contributed by atoms with Crippen LogP contribution < -0.4 is 16.0 Å². The predicted octanol–water partition coefficient (Wildman–Crippen LogP) is 1.81. The number of para-hydroxylation sites is 1. The molecule has 0 N–H and O–H groups in total. The van der Waals surface area contributed by atoms with Crippen molar-refractivity contribution in [3.05, 3.63) is 80.1 Å². The largest absolute Gasteiger partial charge is 0.365 e. The topological polar surface area (TPSA) is 93.3 Å². The number of amides is 1. The van der Waals surface area contributed by atoms with Gasteiger partial charge >= 0.3 is 0 Å². The van der Waals surface area contributed by atoms with Crippen LogP contribution in [0.25, 0.3) is 5.69 Å². The summed E-state index contributed by atoms with van der Waals surface area (Å²) in [4.78, 5) is 41.1. The highest BCUT2D eigenvalue weighted by atomic mass is 35.5. The number of carbonyl (C=O) groups excluding carboxylic acids is 1. The lowest BCUT2D eigenvalue weighted by molar-refractivity contribution is 0.0738. The van der Waals surface area contributed by atoms with E-state index in [1.165, 1.54) is 21.5 Å². The molecule has 0 radical (unpaired) electrons. The molecule has 10 heteroatoms. The number of anilines is 1. The number of nitrogens with zero attached hydrogens (tertiary/aromatic N) is 6. The molecule has 0 saturated carbocycles. The van der Waals surface area contributed by atoms with E-state index in [4.69, 9.17) is 11.6 Å². The Kier molecular flexibility index (Phi) is 6.36. The molecule has 2 aromatic heterocycles. The Hall–Kier alpha value is -3.46. The number of piperazine rings is 1. The second-order valence-electron chi connectivity index (χ2n) is 7.46. The van der Waals surface area contributed by atoms with E-state index >= 15 is 0 Å². The van der Waals surface area contributed by atoms with Crippen LogP contribution in [0.2, 0.25) is 5.02 Å². The van der Waals surface area contributed by atoms with Crippen molar-refractivity contribution in [3.8, 4) is 5.69 Å². The average molecular weight is 455 g/mol. The van der Waals surface area contributed by atoms with Crippen molar-refractivity contribution in [3.63, 3.8) is 0 Å². The molecule has 1 saturated heterocycles. The molecular weight excluding hydrogens is 432 g/mol. The Morgan fingerprint density at radius 2 is 1.75 bits per heavy atom. The van der Waals surface area contributed by atoms with E-state index in [9.17, 15) is 14.4 Å². The van der Waals surface area contributed by atoms with Crippen LogP contribution >= 0.6 is 11.6 Å². The fourth-order valence-corrected chi connectivity index (χ4v) is 3.89. The number of aromatic nitrogens is 4. The lowest BCUT2D eigenvalue weighted by Crippen LogP contribution is -2.49. The summed E-state index contributed by atoms with van der Waals surface area (Å²) < 4.78 is 2.58. The summed E-state index contributed by atoms with van der Waals surface area (Å²) in [6, 6.07) is 11.9. The van der Waals surface area contributed by atoms with Crippen molar-refractivity contribution in [1.29, 1.82) is 0 Å². The molecule has 0 atom stereocenters.